The van der Waals surface area contributed by atoms with Gasteiger partial charge in [-0.15, -0.1) is 0 Å². The van der Waals surface area contributed by atoms with Crippen LogP contribution >= 0.6 is 31.9 Å². The van der Waals surface area contributed by atoms with E-state index in [2.05, 4.69) is 62.3 Å². The number of nitrogens with one attached hydrogen (secondary N) is 1. The van der Waals surface area contributed by atoms with Gasteiger partial charge in [0.25, 0.3) is 0 Å². The van der Waals surface area contributed by atoms with Crippen molar-refractivity contribution in [2.45, 2.75) is 19.9 Å². The van der Waals surface area contributed by atoms with Gasteiger partial charge >= 0.3 is 0 Å². The Morgan fingerprint density at radius 2 is 2.12 bits per heavy atom. The van der Waals surface area contributed by atoms with E-state index in [9.17, 15) is 0 Å². The number of halogens is 2. The summed E-state index contributed by atoms with van der Waals surface area (Å²) in [4.78, 5) is 0. The summed E-state index contributed by atoms with van der Waals surface area (Å²) in [5.74, 6) is 0.884. The van der Waals surface area contributed by atoms with Gasteiger partial charge in [-0.3, -0.25) is 0 Å². The lowest BCUT2D eigenvalue weighted by Crippen LogP contribution is -2.17. The highest BCUT2D eigenvalue weighted by molar-refractivity contribution is 9.11. The molecule has 0 saturated heterocycles. The molecule has 1 unspecified atom stereocenters. The molecule has 0 aliphatic rings. The summed E-state index contributed by atoms with van der Waals surface area (Å²) in [5.41, 5.74) is 1.07. The Hall–Kier alpha value is -0.320. The zero-order chi connectivity index (χ0) is 12.8. The first-order valence-electron chi connectivity index (χ1n) is 5.55. The molecule has 94 valence electrons. The normalized spacial score (nSPS) is 13.0. The lowest BCUT2D eigenvalue weighted by molar-refractivity contribution is 0.337. The van der Waals surface area contributed by atoms with E-state index in [1.54, 1.807) is 0 Å². The second-order valence-electron chi connectivity index (χ2n) is 3.68. The predicted molar refractivity (Wildman–Crippen MR) is 80.6 cm³/mol. The Kier molecular flexibility index (Phi) is 6.23. The highest BCUT2D eigenvalue weighted by Crippen LogP contribution is 2.33. The van der Waals surface area contributed by atoms with Gasteiger partial charge in [-0.25, -0.2) is 0 Å². The van der Waals surface area contributed by atoms with Crippen molar-refractivity contribution in [3.05, 3.63) is 32.7 Å². The SMILES string of the molecule is CCOc1c(Br)cc(Br)cc1/C=C/C(C)NC. The highest BCUT2D eigenvalue weighted by atomic mass is 79.9. The average Bonchev–Trinajstić information content (AvgIpc) is 2.29. The molecule has 0 aliphatic carbocycles. The van der Waals surface area contributed by atoms with Crippen LogP contribution in [0.4, 0.5) is 0 Å². The molecule has 0 aromatic heterocycles. The van der Waals surface area contributed by atoms with Crippen LogP contribution in [-0.2, 0) is 0 Å². The van der Waals surface area contributed by atoms with Crippen LogP contribution in [0.3, 0.4) is 0 Å². The minimum atomic E-state index is 0.335. The van der Waals surface area contributed by atoms with Crippen LogP contribution in [-0.4, -0.2) is 19.7 Å². The second kappa shape index (κ2) is 7.19. The highest BCUT2D eigenvalue weighted by Gasteiger charge is 2.07. The fraction of sp³-hybridized carbons (Fsp3) is 0.385. The molecule has 1 aromatic carbocycles. The molecule has 4 heteroatoms. The fourth-order valence-electron chi connectivity index (χ4n) is 1.34. The maximum Gasteiger partial charge on any atom is 0.140 e. The summed E-state index contributed by atoms with van der Waals surface area (Å²) in [6.45, 7) is 4.74. The molecule has 1 aromatic rings. The van der Waals surface area contributed by atoms with E-state index in [0.29, 0.717) is 12.6 Å². The molecule has 17 heavy (non-hydrogen) atoms. The van der Waals surface area contributed by atoms with E-state index in [1.807, 2.05) is 20.0 Å². The Morgan fingerprint density at radius 1 is 1.41 bits per heavy atom. The lowest BCUT2D eigenvalue weighted by atomic mass is 10.1. The molecule has 1 rings (SSSR count). The summed E-state index contributed by atoms with van der Waals surface area (Å²) < 4.78 is 7.64. The van der Waals surface area contributed by atoms with Gasteiger partial charge in [0.2, 0.25) is 0 Å². The number of hydrogen-bond acceptors (Lipinski definition) is 2. The number of likely N-dealkylation sites (N-methyl/N-ethyl adjacent to an activating group) is 1. The number of rotatable bonds is 5. The van der Waals surface area contributed by atoms with Crippen LogP contribution in [0.15, 0.2) is 27.2 Å². The summed E-state index contributed by atoms with van der Waals surface area (Å²) in [6, 6.07) is 4.38. The predicted octanol–water partition coefficient (Wildman–Crippen LogP) is 4.23. The van der Waals surface area contributed by atoms with E-state index >= 15 is 0 Å². The maximum atomic E-state index is 5.65. The molecule has 0 heterocycles. The molecular weight excluding hydrogens is 346 g/mol. The molecule has 0 spiro atoms. The van der Waals surface area contributed by atoms with E-state index in [1.165, 1.54) is 0 Å². The zero-order valence-electron chi connectivity index (χ0n) is 10.3. The Morgan fingerprint density at radius 3 is 2.71 bits per heavy atom. The molecule has 0 fully saturated rings. The van der Waals surface area contributed by atoms with Crippen LogP contribution in [0.1, 0.15) is 19.4 Å². The van der Waals surface area contributed by atoms with Crippen molar-refractivity contribution in [2.75, 3.05) is 13.7 Å². The standard InChI is InChI=1S/C13H17Br2NO/c1-4-17-13-10(6-5-9(2)16-3)7-11(14)8-12(13)15/h5-9,16H,4H2,1-3H3/b6-5+. The molecule has 2 nitrogen and oxygen atoms in total. The molecule has 0 radical (unpaired) electrons. The van der Waals surface area contributed by atoms with Crippen LogP contribution in [0.5, 0.6) is 5.75 Å². The Bertz CT molecular complexity index is 405. The van der Waals surface area contributed by atoms with E-state index in [0.717, 1.165) is 20.3 Å². The van der Waals surface area contributed by atoms with Crippen molar-refractivity contribution in [3.8, 4) is 5.75 Å². The molecule has 1 atom stereocenters. The minimum Gasteiger partial charge on any atom is -0.492 e. The number of hydrogen-bond donors (Lipinski definition) is 1. The van der Waals surface area contributed by atoms with Gasteiger partial charge in [0.1, 0.15) is 5.75 Å². The number of ether oxygens (including phenoxy) is 1. The van der Waals surface area contributed by atoms with Crippen LogP contribution in [0, 0.1) is 0 Å². The monoisotopic (exact) mass is 361 g/mol. The second-order valence-corrected chi connectivity index (χ2v) is 5.45. The van der Waals surface area contributed by atoms with Crippen molar-refractivity contribution >= 4 is 37.9 Å². The third-order valence-corrected chi connectivity index (χ3v) is 3.39. The maximum absolute atomic E-state index is 5.65. The molecule has 0 bridgehead atoms. The summed E-state index contributed by atoms with van der Waals surface area (Å²) in [7, 11) is 1.94. The largest absolute Gasteiger partial charge is 0.492 e. The van der Waals surface area contributed by atoms with Crippen LogP contribution in [0.2, 0.25) is 0 Å². The third-order valence-electron chi connectivity index (χ3n) is 2.35. The van der Waals surface area contributed by atoms with Crippen LogP contribution in [0.25, 0.3) is 6.08 Å². The van der Waals surface area contributed by atoms with Crippen molar-refractivity contribution in [1.82, 2.24) is 5.32 Å². The van der Waals surface area contributed by atoms with Gasteiger partial charge in [-0.05, 0) is 49.0 Å². The van der Waals surface area contributed by atoms with Crippen molar-refractivity contribution in [2.24, 2.45) is 0 Å². The first-order valence-corrected chi connectivity index (χ1v) is 7.14. The van der Waals surface area contributed by atoms with Gasteiger partial charge in [0, 0.05) is 16.1 Å². The fourth-order valence-corrected chi connectivity index (χ4v) is 2.72. The molecular formula is C13H17Br2NO. The Balaban J connectivity index is 3.07. The zero-order valence-corrected chi connectivity index (χ0v) is 13.4. The average molecular weight is 363 g/mol. The quantitative estimate of drug-likeness (QED) is 0.846. The topological polar surface area (TPSA) is 21.3 Å². The molecule has 0 saturated carbocycles. The summed E-state index contributed by atoms with van der Waals surface area (Å²) >= 11 is 7.01. The smallest absolute Gasteiger partial charge is 0.140 e. The Labute approximate surface area is 120 Å². The third kappa shape index (κ3) is 4.45. The van der Waals surface area contributed by atoms with E-state index in [4.69, 9.17) is 4.74 Å². The van der Waals surface area contributed by atoms with Crippen molar-refractivity contribution in [1.29, 1.82) is 0 Å². The van der Waals surface area contributed by atoms with Gasteiger partial charge in [0.05, 0.1) is 11.1 Å². The minimum absolute atomic E-state index is 0.335. The van der Waals surface area contributed by atoms with Gasteiger partial charge in [0.15, 0.2) is 0 Å². The van der Waals surface area contributed by atoms with Gasteiger partial charge in [-0.1, -0.05) is 28.1 Å². The van der Waals surface area contributed by atoms with E-state index in [-0.39, 0.29) is 0 Å². The molecule has 0 amide bonds. The molecule has 1 N–H and O–H groups in total. The molecule has 0 aliphatic heterocycles. The summed E-state index contributed by atoms with van der Waals surface area (Å²) in [6.07, 6.45) is 4.18. The van der Waals surface area contributed by atoms with Gasteiger partial charge in [-0.2, -0.15) is 0 Å². The van der Waals surface area contributed by atoms with Crippen molar-refractivity contribution < 1.29 is 4.74 Å². The van der Waals surface area contributed by atoms with Crippen LogP contribution < -0.4 is 10.1 Å². The van der Waals surface area contributed by atoms with Crippen molar-refractivity contribution in [3.63, 3.8) is 0 Å². The van der Waals surface area contributed by atoms with Gasteiger partial charge < -0.3 is 10.1 Å². The lowest BCUT2D eigenvalue weighted by Gasteiger charge is -2.11. The first-order chi connectivity index (χ1) is 8.08. The first kappa shape index (κ1) is 14.7. The number of benzene rings is 1. The summed E-state index contributed by atoms with van der Waals surface area (Å²) in [5, 5.41) is 3.16. The van der Waals surface area contributed by atoms with E-state index < -0.39 is 0 Å².